The highest BCUT2D eigenvalue weighted by molar-refractivity contribution is 5.81. The fraction of sp³-hybridized carbons (Fsp3) is 0.893. The van der Waals surface area contributed by atoms with Gasteiger partial charge in [-0.15, -0.1) is 0 Å². The summed E-state index contributed by atoms with van der Waals surface area (Å²) in [6, 6.07) is 2.32. The maximum Gasteiger partial charge on any atom is 0.330 e. The first-order chi connectivity index (χ1) is 15.1. The van der Waals surface area contributed by atoms with E-state index in [-0.39, 0.29) is 12.1 Å². The molecule has 0 spiro atoms. The Balaban J connectivity index is 1.34. The van der Waals surface area contributed by atoms with Crippen molar-refractivity contribution in [2.24, 2.45) is 17.8 Å². The third-order valence-electron chi connectivity index (χ3n) is 9.40. The Labute approximate surface area is 191 Å². The molecule has 0 aromatic heterocycles. The molecule has 0 atom stereocenters. The second-order valence-electron chi connectivity index (χ2n) is 11.4. The number of ether oxygens (including phenoxy) is 1. The Bertz CT molecular complexity index is 560. The maximum atomic E-state index is 11.6. The van der Waals surface area contributed by atoms with Crippen molar-refractivity contribution in [1.82, 2.24) is 4.90 Å². The summed E-state index contributed by atoms with van der Waals surface area (Å²) in [6.45, 7) is 6.00. The first-order valence-electron chi connectivity index (χ1n) is 13.7. The lowest BCUT2D eigenvalue weighted by Crippen LogP contribution is -2.53. The minimum Gasteiger partial charge on any atom is -0.459 e. The van der Waals surface area contributed by atoms with Gasteiger partial charge in [0.25, 0.3) is 0 Å². The second kappa shape index (κ2) is 11.3. The van der Waals surface area contributed by atoms with Crippen LogP contribution in [-0.2, 0) is 9.53 Å². The Morgan fingerprint density at radius 3 is 1.74 bits per heavy atom. The van der Waals surface area contributed by atoms with Gasteiger partial charge in [0.1, 0.15) is 6.10 Å². The van der Waals surface area contributed by atoms with Crippen molar-refractivity contribution >= 4 is 5.97 Å². The summed E-state index contributed by atoms with van der Waals surface area (Å²) in [4.78, 5) is 14.7. The molecular weight excluding hydrogens is 382 g/mol. The van der Waals surface area contributed by atoms with E-state index in [1.54, 1.807) is 0 Å². The van der Waals surface area contributed by atoms with E-state index in [1.807, 2.05) is 0 Å². The predicted molar refractivity (Wildman–Crippen MR) is 128 cm³/mol. The summed E-state index contributed by atoms with van der Waals surface area (Å²) in [6.07, 6.45) is 24.7. The number of hydrogen-bond acceptors (Lipinski definition) is 3. The smallest absolute Gasteiger partial charge is 0.330 e. The summed E-state index contributed by atoms with van der Waals surface area (Å²) in [5, 5.41) is 0. The number of hydrogen-bond donors (Lipinski definition) is 0. The molecule has 0 aliphatic heterocycles. The number of nitrogens with zero attached hydrogens (tertiary/aromatic N) is 1. The minimum atomic E-state index is -0.247. The summed E-state index contributed by atoms with van der Waals surface area (Å²) < 4.78 is 5.57. The van der Waals surface area contributed by atoms with Gasteiger partial charge >= 0.3 is 5.97 Å². The monoisotopic (exact) mass is 429 g/mol. The zero-order chi connectivity index (χ0) is 21.6. The summed E-state index contributed by atoms with van der Waals surface area (Å²) in [5.74, 6) is 2.75. The SMILES string of the molecule is C=CC(=O)OC1CCC(N(C2CCCCC2)C2CCC(C3CCC(C)CC3)CC2)CC1. The van der Waals surface area contributed by atoms with E-state index in [2.05, 4.69) is 18.4 Å². The Kier molecular flexibility index (Phi) is 8.54. The van der Waals surface area contributed by atoms with Crippen LogP contribution in [-0.4, -0.2) is 35.1 Å². The third-order valence-corrected chi connectivity index (χ3v) is 9.40. The van der Waals surface area contributed by atoms with E-state index in [1.165, 1.54) is 102 Å². The average molecular weight is 430 g/mol. The van der Waals surface area contributed by atoms with E-state index in [9.17, 15) is 4.79 Å². The normalized spacial score (nSPS) is 38.0. The van der Waals surface area contributed by atoms with Crippen LogP contribution in [0, 0.1) is 17.8 Å². The number of esters is 1. The molecule has 0 aromatic carbocycles. The second-order valence-corrected chi connectivity index (χ2v) is 11.4. The molecule has 176 valence electrons. The molecule has 0 aromatic rings. The molecule has 3 nitrogen and oxygen atoms in total. The number of carbonyl (C=O) groups is 1. The van der Waals surface area contributed by atoms with Gasteiger partial charge in [0.2, 0.25) is 0 Å². The Morgan fingerprint density at radius 1 is 0.710 bits per heavy atom. The van der Waals surface area contributed by atoms with Gasteiger partial charge in [-0.3, -0.25) is 4.90 Å². The van der Waals surface area contributed by atoms with Gasteiger partial charge in [-0.1, -0.05) is 45.6 Å². The van der Waals surface area contributed by atoms with Crippen LogP contribution >= 0.6 is 0 Å². The van der Waals surface area contributed by atoms with Gasteiger partial charge < -0.3 is 4.74 Å². The van der Waals surface area contributed by atoms with E-state index in [0.717, 1.165) is 42.7 Å². The number of rotatable bonds is 6. The molecular formula is C28H47NO2. The summed E-state index contributed by atoms with van der Waals surface area (Å²) in [7, 11) is 0. The molecule has 4 rings (SSSR count). The first kappa shape index (κ1) is 23.3. The molecule has 4 saturated carbocycles. The first-order valence-corrected chi connectivity index (χ1v) is 13.7. The lowest BCUT2D eigenvalue weighted by Gasteiger charge is -2.49. The molecule has 4 fully saturated rings. The van der Waals surface area contributed by atoms with E-state index >= 15 is 0 Å². The fourth-order valence-corrected chi connectivity index (χ4v) is 7.58. The van der Waals surface area contributed by atoms with Gasteiger partial charge in [0, 0.05) is 24.2 Å². The highest BCUT2D eigenvalue weighted by Gasteiger charge is 2.39. The quantitative estimate of drug-likeness (QED) is 0.335. The van der Waals surface area contributed by atoms with Gasteiger partial charge in [0.15, 0.2) is 0 Å². The van der Waals surface area contributed by atoms with Crippen LogP contribution in [0.3, 0.4) is 0 Å². The molecule has 0 heterocycles. The van der Waals surface area contributed by atoms with Gasteiger partial charge in [-0.25, -0.2) is 4.79 Å². The van der Waals surface area contributed by atoms with Crippen LogP contribution in [0.5, 0.6) is 0 Å². The fourth-order valence-electron chi connectivity index (χ4n) is 7.58. The van der Waals surface area contributed by atoms with Gasteiger partial charge in [-0.2, -0.15) is 0 Å². The van der Waals surface area contributed by atoms with E-state index in [4.69, 9.17) is 4.74 Å². The Morgan fingerprint density at radius 2 is 1.19 bits per heavy atom. The molecule has 0 bridgehead atoms. The molecule has 3 heteroatoms. The van der Waals surface area contributed by atoms with E-state index < -0.39 is 0 Å². The van der Waals surface area contributed by atoms with Crippen molar-refractivity contribution in [3.8, 4) is 0 Å². The minimum absolute atomic E-state index is 0.111. The largest absolute Gasteiger partial charge is 0.459 e. The molecule has 0 N–H and O–H groups in total. The van der Waals surface area contributed by atoms with E-state index in [0.29, 0.717) is 6.04 Å². The summed E-state index contributed by atoms with van der Waals surface area (Å²) >= 11 is 0. The topological polar surface area (TPSA) is 29.5 Å². The van der Waals surface area contributed by atoms with Crippen LogP contribution < -0.4 is 0 Å². The number of carbonyl (C=O) groups excluding carboxylic acids is 1. The van der Waals surface area contributed by atoms with Gasteiger partial charge in [-0.05, 0) is 94.8 Å². The van der Waals surface area contributed by atoms with Crippen molar-refractivity contribution < 1.29 is 9.53 Å². The van der Waals surface area contributed by atoms with Crippen molar-refractivity contribution in [3.05, 3.63) is 12.7 Å². The van der Waals surface area contributed by atoms with Crippen LogP contribution in [0.15, 0.2) is 12.7 Å². The van der Waals surface area contributed by atoms with Crippen molar-refractivity contribution in [2.75, 3.05) is 0 Å². The highest BCUT2D eigenvalue weighted by atomic mass is 16.5. The molecule has 0 unspecified atom stereocenters. The predicted octanol–water partition coefficient (Wildman–Crippen LogP) is 7.05. The van der Waals surface area contributed by atoms with Crippen molar-refractivity contribution in [3.63, 3.8) is 0 Å². The lowest BCUT2D eigenvalue weighted by molar-refractivity contribution is -0.145. The molecule has 0 amide bonds. The highest BCUT2D eigenvalue weighted by Crippen LogP contribution is 2.43. The zero-order valence-electron chi connectivity index (χ0n) is 20.1. The molecule has 4 aliphatic carbocycles. The van der Waals surface area contributed by atoms with Crippen molar-refractivity contribution in [2.45, 2.75) is 140 Å². The maximum absolute atomic E-state index is 11.6. The Hall–Kier alpha value is -0.830. The van der Waals surface area contributed by atoms with Crippen LogP contribution in [0.4, 0.5) is 0 Å². The summed E-state index contributed by atoms with van der Waals surface area (Å²) in [5.41, 5.74) is 0. The average Bonchev–Trinajstić information content (AvgIpc) is 2.82. The lowest BCUT2D eigenvalue weighted by atomic mass is 9.70. The molecule has 0 saturated heterocycles. The molecule has 31 heavy (non-hydrogen) atoms. The molecule has 0 radical (unpaired) electrons. The standard InChI is InChI=1S/C28H47NO2/c1-3-28(30)31-27-19-17-26(18-20-27)29(24-7-5-4-6-8-24)25-15-13-23(14-16-25)22-11-9-21(2)10-12-22/h3,21-27H,1,4-20H2,2H3. The van der Waals surface area contributed by atoms with Crippen LogP contribution in [0.1, 0.15) is 116 Å². The van der Waals surface area contributed by atoms with Crippen molar-refractivity contribution in [1.29, 1.82) is 0 Å². The van der Waals surface area contributed by atoms with Gasteiger partial charge in [0.05, 0.1) is 0 Å². The van der Waals surface area contributed by atoms with Crippen LogP contribution in [0.25, 0.3) is 0 Å². The molecule has 4 aliphatic rings. The third kappa shape index (κ3) is 6.15. The van der Waals surface area contributed by atoms with Crippen LogP contribution in [0.2, 0.25) is 0 Å². The zero-order valence-corrected chi connectivity index (χ0v) is 20.1.